The van der Waals surface area contributed by atoms with Crippen LogP contribution in [0.3, 0.4) is 0 Å². The van der Waals surface area contributed by atoms with Crippen molar-refractivity contribution in [2.24, 2.45) is 5.73 Å². The molecule has 28 heavy (non-hydrogen) atoms. The quantitative estimate of drug-likeness (QED) is 0.623. The third-order valence-corrected chi connectivity index (χ3v) is 4.71. The van der Waals surface area contributed by atoms with Crippen LogP contribution in [0.5, 0.6) is 0 Å². The molecule has 3 rings (SSSR count). The number of amides is 2. The topological polar surface area (TPSA) is 111 Å². The number of thiazole rings is 1. The Labute approximate surface area is 165 Å². The summed E-state index contributed by atoms with van der Waals surface area (Å²) in [5, 5.41) is 3.31. The van der Waals surface area contributed by atoms with Crippen molar-refractivity contribution in [3.8, 4) is 11.3 Å². The van der Waals surface area contributed by atoms with Crippen LogP contribution in [0.15, 0.2) is 54.6 Å². The summed E-state index contributed by atoms with van der Waals surface area (Å²) in [6.45, 7) is 1.36. The van der Waals surface area contributed by atoms with E-state index in [9.17, 15) is 14.4 Å². The van der Waals surface area contributed by atoms with Crippen LogP contribution >= 0.6 is 11.3 Å². The van der Waals surface area contributed by atoms with Gasteiger partial charge in [-0.25, -0.2) is 9.78 Å². The van der Waals surface area contributed by atoms with Crippen LogP contribution in [0, 0.1) is 6.92 Å². The number of ether oxygens (including phenoxy) is 1. The second-order valence-corrected chi connectivity index (χ2v) is 7.05. The van der Waals surface area contributed by atoms with Gasteiger partial charge in [-0.05, 0) is 31.2 Å². The number of benzene rings is 2. The van der Waals surface area contributed by atoms with Crippen LogP contribution in [-0.2, 0) is 9.53 Å². The van der Waals surface area contributed by atoms with Gasteiger partial charge in [-0.1, -0.05) is 30.3 Å². The largest absolute Gasteiger partial charge is 0.451 e. The number of carbonyl (C=O) groups excluding carboxylic acids is 3. The lowest BCUT2D eigenvalue weighted by atomic mass is 10.1. The lowest BCUT2D eigenvalue weighted by Gasteiger charge is -2.07. The fourth-order valence-electron chi connectivity index (χ4n) is 2.47. The van der Waals surface area contributed by atoms with E-state index in [1.165, 1.54) is 23.5 Å². The molecule has 1 aromatic heterocycles. The SMILES string of the molecule is Cc1nc(-c2ccccc2)c(C(=O)OCC(=O)Nc2ccc(C(N)=O)cc2)s1. The van der Waals surface area contributed by atoms with E-state index in [0.29, 0.717) is 21.8 Å². The minimum absolute atomic E-state index is 0.332. The van der Waals surface area contributed by atoms with E-state index < -0.39 is 24.4 Å². The molecule has 3 N–H and O–H groups in total. The fourth-order valence-corrected chi connectivity index (χ4v) is 3.30. The van der Waals surface area contributed by atoms with E-state index in [1.54, 1.807) is 19.1 Å². The van der Waals surface area contributed by atoms with E-state index in [0.717, 1.165) is 10.6 Å². The van der Waals surface area contributed by atoms with Crippen LogP contribution in [0.1, 0.15) is 25.0 Å². The van der Waals surface area contributed by atoms with Crippen LogP contribution in [0.4, 0.5) is 5.69 Å². The van der Waals surface area contributed by atoms with Gasteiger partial charge in [0.15, 0.2) is 6.61 Å². The molecule has 0 radical (unpaired) electrons. The maximum Gasteiger partial charge on any atom is 0.351 e. The van der Waals surface area contributed by atoms with Crippen molar-refractivity contribution >= 4 is 34.8 Å². The number of primary amides is 1. The zero-order chi connectivity index (χ0) is 20.1. The third-order valence-electron chi connectivity index (χ3n) is 3.75. The van der Waals surface area contributed by atoms with Crippen LogP contribution in [-0.4, -0.2) is 29.4 Å². The average Bonchev–Trinajstić information content (AvgIpc) is 3.09. The molecule has 0 atom stereocenters. The van der Waals surface area contributed by atoms with Gasteiger partial charge in [0.1, 0.15) is 4.88 Å². The Morgan fingerprint density at radius 2 is 1.75 bits per heavy atom. The Kier molecular flexibility index (Phi) is 5.81. The molecular formula is C20H17N3O4S. The van der Waals surface area contributed by atoms with Gasteiger partial charge in [0.05, 0.1) is 10.7 Å². The summed E-state index contributed by atoms with van der Waals surface area (Å²) < 4.78 is 5.14. The zero-order valence-electron chi connectivity index (χ0n) is 15.0. The Hall–Kier alpha value is -3.52. The molecule has 7 nitrogen and oxygen atoms in total. The first-order valence-electron chi connectivity index (χ1n) is 8.33. The number of hydrogen-bond acceptors (Lipinski definition) is 6. The number of rotatable bonds is 6. The van der Waals surface area contributed by atoms with Gasteiger partial charge in [0.25, 0.3) is 5.91 Å². The van der Waals surface area contributed by atoms with Gasteiger partial charge in [-0.15, -0.1) is 11.3 Å². The first kappa shape index (κ1) is 19.2. The molecule has 0 fully saturated rings. The molecule has 0 unspecified atom stereocenters. The summed E-state index contributed by atoms with van der Waals surface area (Å²) in [6.07, 6.45) is 0. The predicted octanol–water partition coefficient (Wildman–Crippen LogP) is 3.01. The predicted molar refractivity (Wildman–Crippen MR) is 106 cm³/mol. The number of anilines is 1. The minimum Gasteiger partial charge on any atom is -0.451 e. The van der Waals surface area contributed by atoms with Crippen molar-refractivity contribution in [3.63, 3.8) is 0 Å². The lowest BCUT2D eigenvalue weighted by molar-refractivity contribution is -0.119. The monoisotopic (exact) mass is 395 g/mol. The van der Waals surface area contributed by atoms with Gasteiger partial charge in [0, 0.05) is 16.8 Å². The molecule has 2 aromatic carbocycles. The Morgan fingerprint density at radius 1 is 1.07 bits per heavy atom. The van der Waals surface area contributed by atoms with Gasteiger partial charge in [0.2, 0.25) is 5.91 Å². The number of nitrogens with zero attached hydrogens (tertiary/aromatic N) is 1. The van der Waals surface area contributed by atoms with E-state index in [-0.39, 0.29) is 0 Å². The summed E-state index contributed by atoms with van der Waals surface area (Å²) in [7, 11) is 0. The van der Waals surface area contributed by atoms with Crippen LogP contribution in [0.2, 0.25) is 0 Å². The summed E-state index contributed by atoms with van der Waals surface area (Å²) in [4.78, 5) is 40.3. The number of hydrogen-bond donors (Lipinski definition) is 2. The molecule has 2 amide bonds. The number of aryl methyl sites for hydroxylation is 1. The highest BCUT2D eigenvalue weighted by Gasteiger charge is 2.20. The molecule has 0 aliphatic rings. The van der Waals surface area contributed by atoms with Crippen LogP contribution in [0.25, 0.3) is 11.3 Å². The highest BCUT2D eigenvalue weighted by molar-refractivity contribution is 7.14. The molecule has 0 saturated heterocycles. The molecule has 0 spiro atoms. The number of nitrogens with two attached hydrogens (primary N) is 1. The van der Waals surface area contributed by atoms with Crippen molar-refractivity contribution in [2.45, 2.75) is 6.92 Å². The molecule has 0 aliphatic heterocycles. The average molecular weight is 395 g/mol. The molecule has 0 saturated carbocycles. The van der Waals surface area contributed by atoms with Crippen molar-refractivity contribution in [1.29, 1.82) is 0 Å². The second kappa shape index (κ2) is 8.45. The van der Waals surface area contributed by atoms with Gasteiger partial charge in [-0.3, -0.25) is 9.59 Å². The summed E-state index contributed by atoms with van der Waals surface area (Å²) in [5.41, 5.74) is 7.30. The molecule has 1 heterocycles. The van der Waals surface area contributed by atoms with Gasteiger partial charge in [-0.2, -0.15) is 0 Å². The number of nitrogens with one attached hydrogen (secondary N) is 1. The van der Waals surface area contributed by atoms with Crippen molar-refractivity contribution in [2.75, 3.05) is 11.9 Å². The maximum atomic E-state index is 12.4. The first-order chi connectivity index (χ1) is 13.4. The minimum atomic E-state index is -0.608. The summed E-state index contributed by atoms with van der Waals surface area (Å²) >= 11 is 1.22. The fraction of sp³-hybridized carbons (Fsp3) is 0.100. The molecule has 3 aromatic rings. The van der Waals surface area contributed by atoms with E-state index in [2.05, 4.69) is 10.3 Å². The van der Waals surface area contributed by atoms with Crippen molar-refractivity contribution in [3.05, 3.63) is 70.0 Å². The maximum absolute atomic E-state index is 12.4. The third kappa shape index (κ3) is 4.60. The van der Waals surface area contributed by atoms with Crippen molar-refractivity contribution in [1.82, 2.24) is 4.98 Å². The molecule has 8 heteroatoms. The Bertz CT molecular complexity index is 1010. The summed E-state index contributed by atoms with van der Waals surface area (Å²) in [6, 6.07) is 15.4. The van der Waals surface area contributed by atoms with Crippen LogP contribution < -0.4 is 11.1 Å². The zero-order valence-corrected chi connectivity index (χ0v) is 15.8. The smallest absolute Gasteiger partial charge is 0.351 e. The Balaban J connectivity index is 1.63. The molecule has 142 valence electrons. The normalized spacial score (nSPS) is 10.3. The number of esters is 1. The molecule has 0 aliphatic carbocycles. The summed E-state index contributed by atoms with van der Waals surface area (Å²) in [5.74, 6) is -1.66. The van der Waals surface area contributed by atoms with Gasteiger partial charge >= 0.3 is 5.97 Å². The second-order valence-electron chi connectivity index (χ2n) is 5.84. The van der Waals surface area contributed by atoms with E-state index in [1.807, 2.05) is 30.3 Å². The number of carbonyl (C=O) groups is 3. The van der Waals surface area contributed by atoms with Gasteiger partial charge < -0.3 is 15.8 Å². The van der Waals surface area contributed by atoms with Crippen molar-refractivity contribution < 1.29 is 19.1 Å². The standard InChI is InChI=1S/C20H17N3O4S/c1-12-22-17(13-5-3-2-4-6-13)18(28-12)20(26)27-11-16(24)23-15-9-7-14(8-10-15)19(21)25/h2-10H,11H2,1H3,(H2,21,25)(H,23,24). The molecular weight excluding hydrogens is 378 g/mol. The highest BCUT2D eigenvalue weighted by Crippen LogP contribution is 2.28. The lowest BCUT2D eigenvalue weighted by Crippen LogP contribution is -2.21. The highest BCUT2D eigenvalue weighted by atomic mass is 32.1. The van der Waals surface area contributed by atoms with E-state index in [4.69, 9.17) is 10.5 Å². The first-order valence-corrected chi connectivity index (χ1v) is 9.15. The molecule has 0 bridgehead atoms. The van der Waals surface area contributed by atoms with E-state index >= 15 is 0 Å². The number of aromatic nitrogens is 1. The Morgan fingerprint density at radius 3 is 2.39 bits per heavy atom.